The smallest absolute Gasteiger partial charge is 0.320 e. The molecule has 0 aliphatic heterocycles. The van der Waals surface area contributed by atoms with E-state index in [1.807, 2.05) is 30.5 Å². The fraction of sp³-hybridized carbons (Fsp3) is 0.182. The minimum atomic E-state index is -0.972. The number of aliphatic carboxylic acids is 1. The molecule has 1 heterocycles. The molecule has 1 aromatic heterocycles. The number of nitrogens with two attached hydrogens (primary N) is 1. The van der Waals surface area contributed by atoms with Gasteiger partial charge in [0.15, 0.2) is 0 Å². The Kier molecular flexibility index (Phi) is 4.12. The van der Waals surface area contributed by atoms with Crippen LogP contribution >= 0.6 is 0 Å². The Morgan fingerprint density at radius 2 is 2.12 bits per heavy atom. The number of para-hydroxylation sites is 1. The van der Waals surface area contributed by atoms with Crippen molar-refractivity contribution in [3.63, 3.8) is 0 Å². The Morgan fingerprint density at radius 1 is 1.44 bits per heavy atom. The third-order valence-electron chi connectivity index (χ3n) is 2.43. The molecule has 0 fully saturated rings. The van der Waals surface area contributed by atoms with Crippen molar-refractivity contribution >= 4 is 16.9 Å². The Labute approximate surface area is 103 Å². The van der Waals surface area contributed by atoms with Crippen LogP contribution in [0.2, 0.25) is 0 Å². The maximum atomic E-state index is 10.6. The van der Waals surface area contributed by atoms with Crippen molar-refractivity contribution in [2.75, 3.05) is 0 Å². The Balaban J connectivity index is 0.00000128. The van der Waals surface area contributed by atoms with Crippen LogP contribution in [0.5, 0.6) is 0 Å². The molecule has 0 spiro atoms. The molecule has 86 valence electrons. The van der Waals surface area contributed by atoms with Crippen LogP contribution in [0.25, 0.3) is 10.9 Å². The number of aromatic nitrogens is 1. The first-order valence-electron chi connectivity index (χ1n) is 4.72. The molecular formula is C11H12FeN2O2. The Morgan fingerprint density at radius 3 is 2.81 bits per heavy atom. The van der Waals surface area contributed by atoms with Crippen LogP contribution in [-0.2, 0) is 28.3 Å². The number of aromatic amines is 1. The van der Waals surface area contributed by atoms with E-state index in [4.69, 9.17) is 10.8 Å². The van der Waals surface area contributed by atoms with Crippen LogP contribution in [0.15, 0.2) is 30.5 Å². The van der Waals surface area contributed by atoms with E-state index >= 15 is 0 Å². The maximum Gasteiger partial charge on any atom is 0.320 e. The SMILES string of the molecule is N[C@H](Cc1c[nH]c2ccccc12)C(=O)O.[Fe]. The van der Waals surface area contributed by atoms with Gasteiger partial charge in [0, 0.05) is 40.6 Å². The molecule has 0 aliphatic rings. The fourth-order valence-corrected chi connectivity index (χ4v) is 1.62. The number of benzene rings is 1. The normalized spacial score (nSPS) is 12.1. The fourth-order valence-electron chi connectivity index (χ4n) is 1.62. The third-order valence-corrected chi connectivity index (χ3v) is 2.43. The van der Waals surface area contributed by atoms with Gasteiger partial charge in [-0.05, 0) is 11.6 Å². The Bertz CT molecular complexity index is 495. The second-order valence-electron chi connectivity index (χ2n) is 3.51. The standard InChI is InChI=1S/C11H12N2O2.Fe/c12-9(11(14)15)5-7-6-13-10-4-2-1-3-8(7)10;/h1-4,6,9,13H,5,12H2,(H,14,15);/t9-;/m1./s1. The van der Waals surface area contributed by atoms with Gasteiger partial charge < -0.3 is 15.8 Å². The molecule has 0 saturated carbocycles. The zero-order valence-electron chi connectivity index (χ0n) is 8.46. The monoisotopic (exact) mass is 260 g/mol. The molecule has 4 N–H and O–H groups in total. The first-order chi connectivity index (χ1) is 7.18. The third kappa shape index (κ3) is 2.44. The first-order valence-corrected chi connectivity index (χ1v) is 4.72. The van der Waals surface area contributed by atoms with E-state index in [1.54, 1.807) is 0 Å². The number of carboxylic acid groups (broad SMARTS) is 1. The summed E-state index contributed by atoms with van der Waals surface area (Å²) in [5.41, 5.74) is 7.43. The van der Waals surface area contributed by atoms with Crippen LogP contribution in [-0.4, -0.2) is 22.1 Å². The van der Waals surface area contributed by atoms with Gasteiger partial charge in [-0.2, -0.15) is 0 Å². The van der Waals surface area contributed by atoms with E-state index in [9.17, 15) is 4.79 Å². The van der Waals surface area contributed by atoms with Crippen LogP contribution in [0.3, 0.4) is 0 Å². The molecule has 0 bridgehead atoms. The van der Waals surface area contributed by atoms with Crippen molar-refractivity contribution < 1.29 is 27.0 Å². The van der Waals surface area contributed by atoms with Crippen LogP contribution in [0, 0.1) is 0 Å². The summed E-state index contributed by atoms with van der Waals surface area (Å²) in [6.07, 6.45) is 2.16. The minimum Gasteiger partial charge on any atom is -0.480 e. The molecule has 0 unspecified atom stereocenters. The zero-order chi connectivity index (χ0) is 10.8. The van der Waals surface area contributed by atoms with Gasteiger partial charge in [-0.15, -0.1) is 0 Å². The van der Waals surface area contributed by atoms with E-state index < -0.39 is 12.0 Å². The minimum absolute atomic E-state index is 0. The van der Waals surface area contributed by atoms with Gasteiger partial charge in [0.2, 0.25) is 0 Å². The summed E-state index contributed by atoms with van der Waals surface area (Å²) in [5, 5.41) is 9.75. The molecule has 5 heteroatoms. The largest absolute Gasteiger partial charge is 0.480 e. The van der Waals surface area contributed by atoms with Crippen molar-refractivity contribution in [2.24, 2.45) is 5.73 Å². The van der Waals surface area contributed by atoms with Crippen molar-refractivity contribution in [2.45, 2.75) is 12.5 Å². The van der Waals surface area contributed by atoms with Gasteiger partial charge in [0.05, 0.1) is 0 Å². The topological polar surface area (TPSA) is 79.1 Å². The summed E-state index contributed by atoms with van der Waals surface area (Å²) in [7, 11) is 0. The predicted molar refractivity (Wildman–Crippen MR) is 57.6 cm³/mol. The molecular weight excluding hydrogens is 248 g/mol. The first kappa shape index (κ1) is 12.8. The van der Waals surface area contributed by atoms with Gasteiger partial charge in [0.1, 0.15) is 6.04 Å². The molecule has 2 rings (SSSR count). The van der Waals surface area contributed by atoms with Gasteiger partial charge in [-0.3, -0.25) is 4.79 Å². The molecule has 0 amide bonds. The quantitative estimate of drug-likeness (QED) is 0.723. The Hall–Kier alpha value is -1.29. The van der Waals surface area contributed by atoms with Gasteiger partial charge in [0.25, 0.3) is 0 Å². The summed E-state index contributed by atoms with van der Waals surface area (Å²) in [5.74, 6) is -0.972. The summed E-state index contributed by atoms with van der Waals surface area (Å²) < 4.78 is 0. The van der Waals surface area contributed by atoms with Crippen molar-refractivity contribution in [3.05, 3.63) is 36.0 Å². The number of nitrogens with one attached hydrogen (secondary N) is 1. The van der Waals surface area contributed by atoms with E-state index in [0.717, 1.165) is 16.5 Å². The molecule has 1 atom stereocenters. The second kappa shape index (κ2) is 5.16. The average Bonchev–Trinajstić information content (AvgIpc) is 2.62. The van der Waals surface area contributed by atoms with Crippen LogP contribution < -0.4 is 5.73 Å². The van der Waals surface area contributed by atoms with Crippen LogP contribution in [0.1, 0.15) is 5.56 Å². The molecule has 0 saturated heterocycles. The van der Waals surface area contributed by atoms with E-state index in [0.29, 0.717) is 6.42 Å². The zero-order valence-corrected chi connectivity index (χ0v) is 9.56. The van der Waals surface area contributed by atoms with Gasteiger partial charge >= 0.3 is 5.97 Å². The number of fused-ring (bicyclic) bond motifs is 1. The molecule has 16 heavy (non-hydrogen) atoms. The van der Waals surface area contributed by atoms with Crippen molar-refractivity contribution in [1.82, 2.24) is 4.98 Å². The summed E-state index contributed by atoms with van der Waals surface area (Å²) in [6.45, 7) is 0. The second-order valence-corrected chi connectivity index (χ2v) is 3.51. The molecule has 0 radical (unpaired) electrons. The van der Waals surface area contributed by atoms with Crippen molar-refractivity contribution in [1.29, 1.82) is 0 Å². The van der Waals surface area contributed by atoms with Gasteiger partial charge in [-0.1, -0.05) is 18.2 Å². The molecule has 2 aromatic rings. The summed E-state index contributed by atoms with van der Waals surface area (Å²) in [6, 6.07) is 6.91. The molecule has 1 aromatic carbocycles. The van der Waals surface area contributed by atoms with E-state index in [2.05, 4.69) is 4.98 Å². The maximum absolute atomic E-state index is 10.6. The van der Waals surface area contributed by atoms with Gasteiger partial charge in [-0.25, -0.2) is 0 Å². The van der Waals surface area contributed by atoms with E-state index in [1.165, 1.54) is 0 Å². The molecule has 4 nitrogen and oxygen atoms in total. The van der Waals surface area contributed by atoms with Crippen molar-refractivity contribution in [3.8, 4) is 0 Å². The van der Waals surface area contributed by atoms with Crippen LogP contribution in [0.4, 0.5) is 0 Å². The number of carboxylic acids is 1. The summed E-state index contributed by atoms with van der Waals surface area (Å²) in [4.78, 5) is 13.7. The molecule has 0 aliphatic carbocycles. The summed E-state index contributed by atoms with van der Waals surface area (Å²) >= 11 is 0. The predicted octanol–water partition coefficient (Wildman–Crippen LogP) is 1.12. The number of carbonyl (C=O) groups is 1. The number of H-pyrrole nitrogens is 1. The number of rotatable bonds is 3. The number of hydrogen-bond donors (Lipinski definition) is 3. The average molecular weight is 260 g/mol. The number of hydrogen-bond acceptors (Lipinski definition) is 2. The van der Waals surface area contributed by atoms with E-state index in [-0.39, 0.29) is 17.1 Å².